The summed E-state index contributed by atoms with van der Waals surface area (Å²) in [7, 11) is -3.98. The predicted molar refractivity (Wildman–Crippen MR) is 78.9 cm³/mol. The van der Waals surface area contributed by atoms with Crippen molar-refractivity contribution in [2.75, 3.05) is 10.5 Å². The van der Waals surface area contributed by atoms with Crippen LogP contribution in [0.1, 0.15) is 18.9 Å². The van der Waals surface area contributed by atoms with Crippen LogP contribution in [0.5, 0.6) is 0 Å². The molecular weight excluding hydrogens is 295 g/mol. The molecule has 0 amide bonds. The van der Waals surface area contributed by atoms with E-state index in [0.29, 0.717) is 12.1 Å². The Morgan fingerprint density at radius 3 is 2.76 bits per heavy atom. The number of hydrogen-bond acceptors (Lipinski definition) is 4. The fraction of sp³-hybridized carbons (Fsp3) is 0.308. The molecule has 0 aliphatic heterocycles. The zero-order valence-electron chi connectivity index (χ0n) is 11.8. The number of nitrogen functional groups attached to an aromatic ring is 1. The molecule has 1 aromatic carbocycles. The topological polar surface area (TPSA) is 90.0 Å². The Morgan fingerprint density at radius 2 is 2.14 bits per heavy atom. The van der Waals surface area contributed by atoms with Gasteiger partial charge in [-0.05, 0) is 25.0 Å². The molecule has 1 heterocycles. The number of nitrogens with one attached hydrogen (secondary N) is 1. The predicted octanol–water partition coefficient (Wildman–Crippen LogP) is 2.12. The summed E-state index contributed by atoms with van der Waals surface area (Å²) in [5.41, 5.74) is 6.04. The van der Waals surface area contributed by atoms with Crippen molar-refractivity contribution in [2.45, 2.75) is 31.7 Å². The molecule has 2 aromatic rings. The number of rotatable bonds is 5. The monoisotopic (exact) mass is 312 g/mol. The first-order valence-electron chi connectivity index (χ1n) is 6.46. The van der Waals surface area contributed by atoms with Gasteiger partial charge in [0.25, 0.3) is 10.0 Å². The van der Waals surface area contributed by atoms with Gasteiger partial charge in [0.05, 0.1) is 5.69 Å². The maximum absolute atomic E-state index is 13.7. The van der Waals surface area contributed by atoms with Crippen LogP contribution >= 0.6 is 0 Å². The molecule has 0 atom stereocenters. The summed E-state index contributed by atoms with van der Waals surface area (Å²) in [6.07, 6.45) is 2.14. The fourth-order valence-corrected chi connectivity index (χ4v) is 3.13. The number of aryl methyl sites for hydroxylation is 2. The van der Waals surface area contributed by atoms with Gasteiger partial charge >= 0.3 is 0 Å². The van der Waals surface area contributed by atoms with E-state index in [-0.39, 0.29) is 16.4 Å². The van der Waals surface area contributed by atoms with Crippen LogP contribution in [0.3, 0.4) is 0 Å². The van der Waals surface area contributed by atoms with Crippen LogP contribution in [-0.4, -0.2) is 18.2 Å². The average Bonchev–Trinajstić information content (AvgIpc) is 2.76. The molecule has 8 heteroatoms. The van der Waals surface area contributed by atoms with E-state index < -0.39 is 15.8 Å². The Bertz CT molecular complexity index is 735. The van der Waals surface area contributed by atoms with Gasteiger partial charge in [-0.15, -0.1) is 0 Å². The number of hydrogen-bond donors (Lipinski definition) is 2. The quantitative estimate of drug-likeness (QED) is 0.885. The van der Waals surface area contributed by atoms with E-state index in [1.807, 2.05) is 6.92 Å². The summed E-state index contributed by atoms with van der Waals surface area (Å²) in [5, 5.41) is 3.93. The molecule has 0 saturated heterocycles. The summed E-state index contributed by atoms with van der Waals surface area (Å²) < 4.78 is 42.1. The largest absolute Gasteiger partial charge is 0.381 e. The van der Waals surface area contributed by atoms with Crippen molar-refractivity contribution in [3.05, 3.63) is 35.8 Å². The Hall–Kier alpha value is -2.09. The van der Waals surface area contributed by atoms with E-state index in [4.69, 9.17) is 5.73 Å². The highest BCUT2D eigenvalue weighted by Crippen LogP contribution is 2.24. The first kappa shape index (κ1) is 15.3. The number of para-hydroxylation sites is 1. The maximum Gasteiger partial charge on any atom is 0.267 e. The third-order valence-electron chi connectivity index (χ3n) is 2.96. The van der Waals surface area contributed by atoms with Gasteiger partial charge in [-0.1, -0.05) is 19.1 Å². The molecular formula is C13H17FN4O2S. The summed E-state index contributed by atoms with van der Waals surface area (Å²) in [6, 6.07) is 4.32. The van der Waals surface area contributed by atoms with E-state index in [9.17, 15) is 12.8 Å². The lowest BCUT2D eigenvalue weighted by Crippen LogP contribution is -2.15. The maximum atomic E-state index is 13.7. The van der Waals surface area contributed by atoms with E-state index in [2.05, 4.69) is 9.82 Å². The SMILES string of the molecule is CCCn1cc(S(=O)(=O)Nc2c(C)cccc2F)c(N)n1. The van der Waals surface area contributed by atoms with Crippen LogP contribution in [0.15, 0.2) is 29.3 Å². The van der Waals surface area contributed by atoms with Gasteiger partial charge in [0, 0.05) is 12.7 Å². The van der Waals surface area contributed by atoms with Crippen molar-refractivity contribution in [1.29, 1.82) is 0 Å². The molecule has 0 bridgehead atoms. The third-order valence-corrected chi connectivity index (χ3v) is 4.32. The zero-order valence-corrected chi connectivity index (χ0v) is 12.6. The summed E-state index contributed by atoms with van der Waals surface area (Å²) in [4.78, 5) is -0.154. The van der Waals surface area contributed by atoms with Gasteiger partial charge < -0.3 is 5.73 Å². The van der Waals surface area contributed by atoms with Crippen LogP contribution in [0.25, 0.3) is 0 Å². The molecule has 21 heavy (non-hydrogen) atoms. The lowest BCUT2D eigenvalue weighted by atomic mass is 10.2. The molecule has 0 aliphatic carbocycles. The van der Waals surface area contributed by atoms with Crippen molar-refractivity contribution < 1.29 is 12.8 Å². The van der Waals surface area contributed by atoms with Crippen molar-refractivity contribution in [3.8, 4) is 0 Å². The van der Waals surface area contributed by atoms with Crippen LogP contribution in [-0.2, 0) is 16.6 Å². The number of nitrogens with two attached hydrogens (primary N) is 1. The standard InChI is InChI=1S/C13H17FN4O2S/c1-3-7-18-8-11(13(15)16-18)21(19,20)17-12-9(2)5-4-6-10(12)14/h4-6,8,17H,3,7H2,1-2H3,(H2,15,16). The minimum Gasteiger partial charge on any atom is -0.381 e. The molecule has 0 unspecified atom stereocenters. The summed E-state index contributed by atoms with van der Waals surface area (Å²) in [6.45, 7) is 4.11. The molecule has 0 saturated carbocycles. The van der Waals surface area contributed by atoms with Gasteiger partial charge in [-0.25, -0.2) is 12.8 Å². The molecule has 1 aromatic heterocycles. The average molecular weight is 312 g/mol. The second-order valence-electron chi connectivity index (χ2n) is 4.68. The van der Waals surface area contributed by atoms with E-state index in [0.717, 1.165) is 6.42 Å². The summed E-state index contributed by atoms with van der Waals surface area (Å²) >= 11 is 0. The highest BCUT2D eigenvalue weighted by molar-refractivity contribution is 7.92. The van der Waals surface area contributed by atoms with Gasteiger partial charge in [0.1, 0.15) is 10.7 Å². The van der Waals surface area contributed by atoms with Crippen LogP contribution < -0.4 is 10.5 Å². The number of nitrogens with zero attached hydrogens (tertiary/aromatic N) is 2. The van der Waals surface area contributed by atoms with E-state index in [1.54, 1.807) is 13.0 Å². The highest BCUT2D eigenvalue weighted by Gasteiger charge is 2.23. The number of aromatic nitrogens is 2. The van der Waals surface area contributed by atoms with Crippen LogP contribution in [0.2, 0.25) is 0 Å². The number of benzene rings is 1. The smallest absolute Gasteiger partial charge is 0.267 e. The second kappa shape index (κ2) is 5.72. The van der Waals surface area contributed by atoms with Crippen LogP contribution in [0.4, 0.5) is 15.9 Å². The highest BCUT2D eigenvalue weighted by atomic mass is 32.2. The Labute approximate surface area is 122 Å². The van der Waals surface area contributed by atoms with Gasteiger partial charge in [0.2, 0.25) is 0 Å². The summed E-state index contributed by atoms with van der Waals surface area (Å²) in [5.74, 6) is -0.747. The van der Waals surface area contributed by atoms with Crippen molar-refractivity contribution in [1.82, 2.24) is 9.78 Å². The molecule has 2 rings (SSSR count). The lowest BCUT2D eigenvalue weighted by molar-refractivity contribution is 0.593. The van der Waals surface area contributed by atoms with Crippen molar-refractivity contribution in [3.63, 3.8) is 0 Å². The third kappa shape index (κ3) is 3.15. The Kier molecular flexibility index (Phi) is 4.17. The molecule has 6 nitrogen and oxygen atoms in total. The number of sulfonamides is 1. The van der Waals surface area contributed by atoms with Crippen molar-refractivity contribution >= 4 is 21.5 Å². The minimum atomic E-state index is -3.98. The zero-order chi connectivity index (χ0) is 15.6. The number of halogens is 1. The molecule has 0 spiro atoms. The van der Waals surface area contributed by atoms with E-state index >= 15 is 0 Å². The normalized spacial score (nSPS) is 11.6. The first-order valence-corrected chi connectivity index (χ1v) is 7.94. The fourth-order valence-electron chi connectivity index (χ4n) is 1.92. The molecule has 114 valence electrons. The number of anilines is 2. The first-order chi connectivity index (χ1) is 9.85. The van der Waals surface area contributed by atoms with Crippen LogP contribution in [0, 0.1) is 12.7 Å². The Morgan fingerprint density at radius 1 is 1.43 bits per heavy atom. The lowest BCUT2D eigenvalue weighted by Gasteiger charge is -2.10. The van der Waals surface area contributed by atoms with Gasteiger partial charge in [0.15, 0.2) is 5.82 Å². The van der Waals surface area contributed by atoms with Crippen molar-refractivity contribution in [2.24, 2.45) is 0 Å². The Balaban J connectivity index is 2.39. The minimum absolute atomic E-state index is 0.0832. The molecule has 0 aliphatic rings. The van der Waals surface area contributed by atoms with Gasteiger partial charge in [-0.3, -0.25) is 9.40 Å². The molecule has 0 radical (unpaired) electrons. The van der Waals surface area contributed by atoms with Gasteiger partial charge in [-0.2, -0.15) is 5.10 Å². The second-order valence-corrected chi connectivity index (χ2v) is 6.33. The van der Waals surface area contributed by atoms with E-state index in [1.165, 1.54) is 23.0 Å². The molecule has 3 N–H and O–H groups in total. The molecule has 0 fully saturated rings.